The third kappa shape index (κ3) is 4.39. The van der Waals surface area contributed by atoms with Crippen molar-refractivity contribution in [1.82, 2.24) is 19.6 Å². The molecule has 0 bridgehead atoms. The number of nitrogens with two attached hydrogens (primary N) is 1. The Labute approximate surface area is 210 Å². The summed E-state index contributed by atoms with van der Waals surface area (Å²) < 4.78 is 1.96. The van der Waals surface area contributed by atoms with Crippen LogP contribution in [0.15, 0.2) is 54.7 Å². The molecule has 0 aliphatic heterocycles. The molecule has 36 heavy (non-hydrogen) atoms. The minimum absolute atomic E-state index is 0.415. The number of primary amides is 1. The number of amides is 1. The maximum absolute atomic E-state index is 11.9. The first-order valence-corrected chi connectivity index (χ1v) is 12.9. The zero-order valence-corrected chi connectivity index (χ0v) is 20.3. The standard InChI is InChI=1S/C28H31N7O/c29-27(36)19-8-5-7-18(17-19)26-25(22-15-16-30-28(33-22)32-21-11-3-4-12-21)23-13-6-14-24(35(23)34-26)31-20-9-1-2-10-20/h5-8,13-17,20-21,31H,1-4,9-12H2,(H2,29,36)(H,30,32,33). The van der Waals surface area contributed by atoms with Crippen molar-refractivity contribution in [2.24, 2.45) is 5.73 Å². The van der Waals surface area contributed by atoms with Crippen molar-refractivity contribution in [2.75, 3.05) is 10.6 Å². The molecular formula is C28H31N7O. The Morgan fingerprint density at radius 1 is 0.917 bits per heavy atom. The molecule has 3 heterocycles. The van der Waals surface area contributed by atoms with Crippen LogP contribution in [0, 0.1) is 0 Å². The molecule has 0 spiro atoms. The zero-order valence-electron chi connectivity index (χ0n) is 20.3. The van der Waals surface area contributed by atoms with Gasteiger partial charge in [-0.05, 0) is 56.0 Å². The highest BCUT2D eigenvalue weighted by Gasteiger charge is 2.23. The average Bonchev–Trinajstić information content (AvgIpc) is 3.66. The number of hydrogen-bond acceptors (Lipinski definition) is 6. The van der Waals surface area contributed by atoms with Crippen molar-refractivity contribution in [3.8, 4) is 22.5 Å². The minimum Gasteiger partial charge on any atom is -0.367 e. The van der Waals surface area contributed by atoms with E-state index in [0.29, 0.717) is 23.6 Å². The second-order valence-corrected chi connectivity index (χ2v) is 9.89. The highest BCUT2D eigenvalue weighted by atomic mass is 16.1. The summed E-state index contributed by atoms with van der Waals surface area (Å²) in [7, 11) is 0. The number of hydrogen-bond donors (Lipinski definition) is 3. The van der Waals surface area contributed by atoms with E-state index in [1.165, 1.54) is 38.5 Å². The van der Waals surface area contributed by atoms with Gasteiger partial charge in [-0.15, -0.1) is 0 Å². The third-order valence-electron chi connectivity index (χ3n) is 7.39. The number of nitrogens with zero attached hydrogens (tertiary/aromatic N) is 4. The molecule has 2 saturated carbocycles. The molecule has 8 heteroatoms. The number of nitrogens with one attached hydrogen (secondary N) is 2. The van der Waals surface area contributed by atoms with E-state index in [1.807, 2.05) is 22.7 Å². The molecule has 0 saturated heterocycles. The number of fused-ring (bicyclic) bond motifs is 1. The lowest BCUT2D eigenvalue weighted by Crippen LogP contribution is -2.17. The van der Waals surface area contributed by atoms with Crippen molar-refractivity contribution >= 4 is 23.2 Å². The molecule has 8 nitrogen and oxygen atoms in total. The fourth-order valence-electron chi connectivity index (χ4n) is 5.55. The Kier molecular flexibility index (Phi) is 6.01. The van der Waals surface area contributed by atoms with Crippen LogP contribution in [0.2, 0.25) is 0 Å². The van der Waals surface area contributed by atoms with Crippen LogP contribution in [0.4, 0.5) is 11.8 Å². The van der Waals surface area contributed by atoms with Crippen LogP contribution in [0.5, 0.6) is 0 Å². The Bertz CT molecular complexity index is 1400. The summed E-state index contributed by atoms with van der Waals surface area (Å²) in [5.41, 5.74) is 10.3. The second-order valence-electron chi connectivity index (χ2n) is 9.89. The largest absolute Gasteiger partial charge is 0.367 e. The summed E-state index contributed by atoms with van der Waals surface area (Å²) in [4.78, 5) is 21.3. The van der Waals surface area contributed by atoms with E-state index < -0.39 is 5.91 Å². The van der Waals surface area contributed by atoms with Gasteiger partial charge in [-0.1, -0.05) is 43.9 Å². The number of anilines is 2. The SMILES string of the molecule is NC(=O)c1cccc(-c2nn3c(NC4CCCC4)cccc3c2-c2ccnc(NC3CCCC3)n2)c1. The summed E-state index contributed by atoms with van der Waals surface area (Å²) in [6.07, 6.45) is 11.4. The van der Waals surface area contributed by atoms with Crippen molar-refractivity contribution in [1.29, 1.82) is 0 Å². The molecule has 1 amide bonds. The van der Waals surface area contributed by atoms with E-state index in [1.54, 1.807) is 18.3 Å². The van der Waals surface area contributed by atoms with E-state index in [0.717, 1.165) is 46.7 Å². The van der Waals surface area contributed by atoms with Gasteiger partial charge in [0.15, 0.2) is 0 Å². The molecule has 0 radical (unpaired) electrons. The van der Waals surface area contributed by atoms with Gasteiger partial charge >= 0.3 is 0 Å². The number of benzene rings is 1. The number of rotatable bonds is 7. The Hall–Kier alpha value is -3.94. The summed E-state index contributed by atoms with van der Waals surface area (Å²) in [5, 5.41) is 12.3. The maximum atomic E-state index is 11.9. The zero-order chi connectivity index (χ0) is 24.5. The lowest BCUT2D eigenvalue weighted by atomic mass is 10.0. The second kappa shape index (κ2) is 9.60. The lowest BCUT2D eigenvalue weighted by molar-refractivity contribution is 0.100. The molecule has 1 aromatic carbocycles. The molecular weight excluding hydrogens is 450 g/mol. The van der Waals surface area contributed by atoms with Crippen molar-refractivity contribution in [2.45, 2.75) is 63.5 Å². The lowest BCUT2D eigenvalue weighted by Gasteiger charge is -2.14. The van der Waals surface area contributed by atoms with Crippen molar-refractivity contribution < 1.29 is 4.79 Å². The maximum Gasteiger partial charge on any atom is 0.248 e. The molecule has 6 rings (SSSR count). The Morgan fingerprint density at radius 2 is 1.64 bits per heavy atom. The predicted molar refractivity (Wildman–Crippen MR) is 142 cm³/mol. The van der Waals surface area contributed by atoms with E-state index in [9.17, 15) is 4.79 Å². The third-order valence-corrected chi connectivity index (χ3v) is 7.39. The van der Waals surface area contributed by atoms with Gasteiger partial charge in [-0.2, -0.15) is 5.10 Å². The number of pyridine rings is 1. The van der Waals surface area contributed by atoms with Crippen LogP contribution in [0.3, 0.4) is 0 Å². The number of aromatic nitrogens is 4. The van der Waals surface area contributed by atoms with Crippen LogP contribution in [-0.4, -0.2) is 37.6 Å². The van der Waals surface area contributed by atoms with Gasteiger partial charge in [-0.3, -0.25) is 4.79 Å². The first kappa shape index (κ1) is 22.5. The van der Waals surface area contributed by atoms with Gasteiger partial charge in [-0.25, -0.2) is 14.5 Å². The van der Waals surface area contributed by atoms with Gasteiger partial charge in [0, 0.05) is 29.4 Å². The van der Waals surface area contributed by atoms with E-state index in [2.05, 4.69) is 33.8 Å². The fraction of sp³-hybridized carbons (Fsp3) is 0.357. The molecule has 4 N–H and O–H groups in total. The predicted octanol–water partition coefficient (Wildman–Crippen LogP) is 5.27. The van der Waals surface area contributed by atoms with Gasteiger partial charge in [0.2, 0.25) is 11.9 Å². The molecule has 2 fully saturated rings. The number of carbonyl (C=O) groups excluding carboxylic acids is 1. The van der Waals surface area contributed by atoms with Gasteiger partial charge in [0.05, 0.1) is 16.8 Å². The molecule has 184 valence electrons. The van der Waals surface area contributed by atoms with Crippen LogP contribution >= 0.6 is 0 Å². The Balaban J connectivity index is 1.49. The highest BCUT2D eigenvalue weighted by Crippen LogP contribution is 2.36. The van der Waals surface area contributed by atoms with Crippen LogP contribution in [0.1, 0.15) is 61.7 Å². The molecule has 2 aliphatic rings. The summed E-state index contributed by atoms with van der Waals surface area (Å²) >= 11 is 0. The summed E-state index contributed by atoms with van der Waals surface area (Å²) in [6, 6.07) is 16.3. The topological polar surface area (TPSA) is 110 Å². The average molecular weight is 482 g/mol. The quantitative estimate of drug-likeness (QED) is 0.332. The molecule has 3 aromatic heterocycles. The van der Waals surface area contributed by atoms with E-state index in [-0.39, 0.29) is 0 Å². The Morgan fingerprint density at radius 3 is 2.39 bits per heavy atom. The monoisotopic (exact) mass is 481 g/mol. The summed E-state index contributed by atoms with van der Waals surface area (Å²) in [6.45, 7) is 0. The smallest absolute Gasteiger partial charge is 0.248 e. The van der Waals surface area contributed by atoms with E-state index >= 15 is 0 Å². The normalized spacial score (nSPS) is 16.6. The van der Waals surface area contributed by atoms with Gasteiger partial charge in [0.25, 0.3) is 0 Å². The van der Waals surface area contributed by atoms with Gasteiger partial charge in [0.1, 0.15) is 11.5 Å². The molecule has 0 atom stereocenters. The van der Waals surface area contributed by atoms with Crippen LogP contribution in [-0.2, 0) is 0 Å². The highest BCUT2D eigenvalue weighted by molar-refractivity contribution is 5.96. The van der Waals surface area contributed by atoms with Crippen molar-refractivity contribution in [3.63, 3.8) is 0 Å². The van der Waals surface area contributed by atoms with E-state index in [4.69, 9.17) is 15.8 Å². The fourth-order valence-corrected chi connectivity index (χ4v) is 5.55. The molecule has 4 aromatic rings. The minimum atomic E-state index is -0.462. The van der Waals surface area contributed by atoms with Crippen LogP contribution in [0.25, 0.3) is 28.0 Å². The molecule has 0 unspecified atom stereocenters. The first-order valence-electron chi connectivity index (χ1n) is 12.9. The van der Waals surface area contributed by atoms with Crippen molar-refractivity contribution in [3.05, 3.63) is 60.3 Å². The first-order chi connectivity index (χ1) is 17.7. The summed E-state index contributed by atoms with van der Waals surface area (Å²) in [5.74, 6) is 1.13. The number of carbonyl (C=O) groups is 1. The van der Waals surface area contributed by atoms with Gasteiger partial charge < -0.3 is 16.4 Å². The molecule has 2 aliphatic carbocycles. The van der Waals surface area contributed by atoms with Crippen LogP contribution < -0.4 is 16.4 Å².